The Morgan fingerprint density at radius 1 is 1.40 bits per heavy atom. The molecule has 0 aromatic carbocycles. The molecule has 1 aromatic rings. The molecule has 3 N–H and O–H groups in total. The number of rotatable bonds is 8. The van der Waals surface area contributed by atoms with Gasteiger partial charge in [0, 0.05) is 6.04 Å². The first-order chi connectivity index (χ1) is 9.52. The third-order valence-electron chi connectivity index (χ3n) is 2.58. The Balaban J connectivity index is 2.37. The molecule has 110 valence electrons. The molecule has 0 bridgehead atoms. The van der Waals surface area contributed by atoms with Crippen LogP contribution in [0.1, 0.15) is 36.7 Å². The number of amides is 2. The largest absolute Gasteiger partial charge is 0.481 e. The summed E-state index contributed by atoms with van der Waals surface area (Å²) in [5.74, 6) is -1.77. The maximum atomic E-state index is 11.6. The van der Waals surface area contributed by atoms with E-state index < -0.39 is 23.8 Å². The zero-order valence-corrected chi connectivity index (χ0v) is 11.2. The third kappa shape index (κ3) is 5.55. The number of carbonyl (C=O) groups excluding carboxylic acids is 2. The quantitative estimate of drug-likeness (QED) is 0.652. The van der Waals surface area contributed by atoms with Crippen molar-refractivity contribution >= 4 is 17.8 Å². The average molecular weight is 282 g/mol. The summed E-state index contributed by atoms with van der Waals surface area (Å²) in [4.78, 5) is 33.8. The van der Waals surface area contributed by atoms with E-state index in [-0.39, 0.29) is 18.7 Å². The molecular formula is C13H18N2O5. The highest BCUT2D eigenvalue weighted by Gasteiger charge is 2.16. The second-order valence-electron chi connectivity index (χ2n) is 4.31. The summed E-state index contributed by atoms with van der Waals surface area (Å²) in [5.41, 5.74) is 0. The lowest BCUT2D eigenvalue weighted by Crippen LogP contribution is -2.42. The summed E-state index contributed by atoms with van der Waals surface area (Å²) in [6.07, 6.45) is 2.56. The number of carbonyl (C=O) groups is 3. The summed E-state index contributed by atoms with van der Waals surface area (Å²) < 4.78 is 4.88. The summed E-state index contributed by atoms with van der Waals surface area (Å²) in [5, 5.41) is 13.7. The molecule has 0 aliphatic heterocycles. The van der Waals surface area contributed by atoms with E-state index in [1.807, 2.05) is 6.92 Å². The lowest BCUT2D eigenvalue weighted by atomic mass is 10.1. The van der Waals surface area contributed by atoms with Crippen LogP contribution in [0.4, 0.5) is 0 Å². The number of hydrogen-bond donors (Lipinski definition) is 3. The molecule has 2 amide bonds. The Bertz CT molecular complexity index is 455. The molecule has 1 aromatic heterocycles. The average Bonchev–Trinajstić information content (AvgIpc) is 2.89. The fourth-order valence-corrected chi connectivity index (χ4v) is 1.72. The first kappa shape index (κ1) is 15.7. The minimum Gasteiger partial charge on any atom is -0.481 e. The van der Waals surface area contributed by atoms with E-state index >= 15 is 0 Å². The minimum absolute atomic E-state index is 0.119. The molecule has 7 nitrogen and oxygen atoms in total. The Kier molecular flexibility index (Phi) is 6.28. The van der Waals surface area contributed by atoms with Crippen LogP contribution in [0.5, 0.6) is 0 Å². The van der Waals surface area contributed by atoms with Gasteiger partial charge in [-0.1, -0.05) is 13.3 Å². The number of nitrogens with one attached hydrogen (secondary N) is 2. The van der Waals surface area contributed by atoms with Gasteiger partial charge in [-0.3, -0.25) is 14.4 Å². The monoisotopic (exact) mass is 282 g/mol. The summed E-state index contributed by atoms with van der Waals surface area (Å²) in [6, 6.07) is 2.63. The zero-order chi connectivity index (χ0) is 15.0. The number of hydrogen-bond acceptors (Lipinski definition) is 4. The minimum atomic E-state index is -0.969. The van der Waals surface area contributed by atoms with Crippen LogP contribution in [-0.2, 0) is 9.59 Å². The van der Waals surface area contributed by atoms with Crippen molar-refractivity contribution in [2.45, 2.75) is 32.2 Å². The van der Waals surface area contributed by atoms with Gasteiger partial charge in [0.2, 0.25) is 5.91 Å². The molecule has 1 atom stereocenters. The van der Waals surface area contributed by atoms with Gasteiger partial charge in [-0.15, -0.1) is 0 Å². The van der Waals surface area contributed by atoms with Crippen molar-refractivity contribution < 1.29 is 23.9 Å². The maximum absolute atomic E-state index is 11.6. The standard InChI is InChI=1S/C13H18N2O5/c1-2-4-9(7-12(17)18)15-11(16)8-14-13(19)10-5-3-6-20-10/h3,5-6,9H,2,4,7-8H2,1H3,(H,14,19)(H,15,16)(H,17,18). The van der Waals surface area contributed by atoms with Crippen LogP contribution in [0.25, 0.3) is 0 Å². The maximum Gasteiger partial charge on any atom is 0.305 e. The zero-order valence-electron chi connectivity index (χ0n) is 11.2. The van der Waals surface area contributed by atoms with Crippen LogP contribution >= 0.6 is 0 Å². The predicted octanol–water partition coefficient (Wildman–Crippen LogP) is 0.769. The number of carboxylic acid groups (broad SMARTS) is 1. The third-order valence-corrected chi connectivity index (χ3v) is 2.58. The topological polar surface area (TPSA) is 109 Å². The molecule has 1 heterocycles. The molecule has 0 spiro atoms. The van der Waals surface area contributed by atoms with Crippen LogP contribution in [0.15, 0.2) is 22.8 Å². The van der Waals surface area contributed by atoms with Gasteiger partial charge in [-0.05, 0) is 18.6 Å². The van der Waals surface area contributed by atoms with Crippen molar-refractivity contribution in [3.8, 4) is 0 Å². The molecule has 1 rings (SSSR count). The van der Waals surface area contributed by atoms with Crippen LogP contribution in [0.2, 0.25) is 0 Å². The van der Waals surface area contributed by atoms with E-state index in [1.54, 1.807) is 6.07 Å². The Hall–Kier alpha value is -2.31. The molecule has 0 aliphatic rings. The van der Waals surface area contributed by atoms with Gasteiger partial charge in [-0.25, -0.2) is 0 Å². The summed E-state index contributed by atoms with van der Waals surface area (Å²) in [7, 11) is 0. The number of carboxylic acids is 1. The first-order valence-electron chi connectivity index (χ1n) is 6.35. The SMILES string of the molecule is CCCC(CC(=O)O)NC(=O)CNC(=O)c1ccco1. The van der Waals surface area contributed by atoms with E-state index in [1.165, 1.54) is 12.3 Å². The second kappa shape index (κ2) is 7.98. The van der Waals surface area contributed by atoms with Gasteiger partial charge in [0.05, 0.1) is 19.2 Å². The molecule has 0 fully saturated rings. The van der Waals surface area contributed by atoms with Gasteiger partial charge >= 0.3 is 5.97 Å². The summed E-state index contributed by atoms with van der Waals surface area (Å²) in [6.45, 7) is 1.68. The van der Waals surface area contributed by atoms with Crippen LogP contribution in [0, 0.1) is 0 Å². The molecule has 7 heteroatoms. The molecule has 0 radical (unpaired) electrons. The van der Waals surface area contributed by atoms with E-state index in [0.717, 1.165) is 6.42 Å². The number of aliphatic carboxylic acids is 1. The summed E-state index contributed by atoms with van der Waals surface area (Å²) >= 11 is 0. The van der Waals surface area contributed by atoms with Crippen molar-refractivity contribution in [3.05, 3.63) is 24.2 Å². The predicted molar refractivity (Wildman–Crippen MR) is 70.1 cm³/mol. The van der Waals surface area contributed by atoms with E-state index in [2.05, 4.69) is 10.6 Å². The van der Waals surface area contributed by atoms with Crippen molar-refractivity contribution in [2.75, 3.05) is 6.54 Å². The molecule has 20 heavy (non-hydrogen) atoms. The van der Waals surface area contributed by atoms with E-state index in [4.69, 9.17) is 9.52 Å². The van der Waals surface area contributed by atoms with Gasteiger partial charge in [0.25, 0.3) is 5.91 Å². The van der Waals surface area contributed by atoms with Gasteiger partial charge in [-0.2, -0.15) is 0 Å². The molecule has 0 aliphatic carbocycles. The van der Waals surface area contributed by atoms with Gasteiger partial charge < -0.3 is 20.2 Å². The van der Waals surface area contributed by atoms with Crippen molar-refractivity contribution in [1.82, 2.24) is 10.6 Å². The molecule has 0 saturated carbocycles. The van der Waals surface area contributed by atoms with Gasteiger partial charge in [0.15, 0.2) is 5.76 Å². The fourth-order valence-electron chi connectivity index (χ4n) is 1.72. The highest BCUT2D eigenvalue weighted by atomic mass is 16.4. The van der Waals surface area contributed by atoms with E-state index in [0.29, 0.717) is 6.42 Å². The van der Waals surface area contributed by atoms with Gasteiger partial charge in [0.1, 0.15) is 0 Å². The Morgan fingerprint density at radius 2 is 2.15 bits per heavy atom. The van der Waals surface area contributed by atoms with Crippen LogP contribution in [0.3, 0.4) is 0 Å². The number of furan rings is 1. The highest BCUT2D eigenvalue weighted by molar-refractivity contribution is 5.94. The van der Waals surface area contributed by atoms with Crippen LogP contribution < -0.4 is 10.6 Å². The first-order valence-corrected chi connectivity index (χ1v) is 6.35. The fraction of sp³-hybridized carbons (Fsp3) is 0.462. The van der Waals surface area contributed by atoms with E-state index in [9.17, 15) is 14.4 Å². The lowest BCUT2D eigenvalue weighted by Gasteiger charge is -2.16. The van der Waals surface area contributed by atoms with Crippen molar-refractivity contribution in [3.63, 3.8) is 0 Å². The smallest absolute Gasteiger partial charge is 0.305 e. The molecule has 1 unspecified atom stereocenters. The normalized spacial score (nSPS) is 11.7. The highest BCUT2D eigenvalue weighted by Crippen LogP contribution is 2.02. The molecular weight excluding hydrogens is 264 g/mol. The van der Waals surface area contributed by atoms with Crippen molar-refractivity contribution in [1.29, 1.82) is 0 Å². The lowest BCUT2D eigenvalue weighted by molar-refractivity contribution is -0.137. The van der Waals surface area contributed by atoms with Crippen LogP contribution in [-0.4, -0.2) is 35.5 Å². The second-order valence-corrected chi connectivity index (χ2v) is 4.31. The Morgan fingerprint density at radius 3 is 2.70 bits per heavy atom. The van der Waals surface area contributed by atoms with Crippen molar-refractivity contribution in [2.24, 2.45) is 0 Å². The molecule has 0 saturated heterocycles. The Labute approximate surface area is 116 Å².